The highest BCUT2D eigenvalue weighted by molar-refractivity contribution is 5.97. The summed E-state index contributed by atoms with van der Waals surface area (Å²) in [6, 6.07) is 3.10. The average molecular weight is 323 g/mol. The van der Waals surface area contributed by atoms with E-state index in [9.17, 15) is 18.4 Å². The first kappa shape index (κ1) is 15.9. The van der Waals surface area contributed by atoms with Crippen LogP contribution >= 0.6 is 0 Å². The topological polar surface area (TPSA) is 52.7 Å². The molecule has 0 aromatic heterocycles. The van der Waals surface area contributed by atoms with E-state index >= 15 is 0 Å². The summed E-state index contributed by atoms with van der Waals surface area (Å²) in [4.78, 5) is 28.1. The van der Waals surface area contributed by atoms with Crippen molar-refractivity contribution in [1.29, 1.82) is 0 Å². The summed E-state index contributed by atoms with van der Waals surface area (Å²) in [6.07, 6.45) is 1.68. The quantitative estimate of drug-likeness (QED) is 0.899. The summed E-state index contributed by atoms with van der Waals surface area (Å²) >= 11 is 0. The van der Waals surface area contributed by atoms with Crippen LogP contribution in [-0.4, -0.2) is 60.4 Å². The number of rotatable bonds is 4. The number of piperazine rings is 1. The van der Waals surface area contributed by atoms with Gasteiger partial charge in [-0.3, -0.25) is 9.59 Å². The van der Waals surface area contributed by atoms with Crippen molar-refractivity contribution in [2.24, 2.45) is 0 Å². The van der Waals surface area contributed by atoms with Crippen LogP contribution < -0.4 is 5.32 Å². The molecule has 7 heteroatoms. The Kier molecular flexibility index (Phi) is 4.56. The standard InChI is InChI=1S/C16H19F2N3O2/c17-13-4-1-11(9-14(13)18)16(23)21(12-2-3-12)10-15(22)20-7-5-19-6-8-20/h1,4,9,12,19H,2-3,5-8,10H2. The largest absolute Gasteiger partial charge is 0.339 e. The van der Waals surface area contributed by atoms with Gasteiger partial charge in [-0.25, -0.2) is 8.78 Å². The SMILES string of the molecule is O=C(CN(C(=O)c1ccc(F)c(F)c1)C1CC1)N1CCNCC1. The van der Waals surface area contributed by atoms with Gasteiger partial charge in [-0.05, 0) is 31.0 Å². The second kappa shape index (κ2) is 6.62. The van der Waals surface area contributed by atoms with Crippen molar-refractivity contribution in [2.75, 3.05) is 32.7 Å². The van der Waals surface area contributed by atoms with Crippen LogP contribution in [0.2, 0.25) is 0 Å². The lowest BCUT2D eigenvalue weighted by atomic mass is 10.1. The van der Waals surface area contributed by atoms with Gasteiger partial charge in [0.1, 0.15) is 6.54 Å². The van der Waals surface area contributed by atoms with Crippen molar-refractivity contribution >= 4 is 11.8 Å². The number of nitrogens with one attached hydrogen (secondary N) is 1. The van der Waals surface area contributed by atoms with E-state index in [-0.39, 0.29) is 24.1 Å². The van der Waals surface area contributed by atoms with Crippen LogP contribution in [0.4, 0.5) is 8.78 Å². The normalized spacial score (nSPS) is 17.9. The Bertz CT molecular complexity index is 613. The van der Waals surface area contributed by atoms with Gasteiger partial charge >= 0.3 is 0 Å². The molecule has 0 radical (unpaired) electrons. The number of halogens is 2. The zero-order valence-corrected chi connectivity index (χ0v) is 12.7. The summed E-state index contributed by atoms with van der Waals surface area (Å²) in [5.41, 5.74) is 0.0731. The van der Waals surface area contributed by atoms with E-state index in [0.717, 1.165) is 38.1 Å². The molecule has 5 nitrogen and oxygen atoms in total. The minimum atomic E-state index is -1.06. The van der Waals surface area contributed by atoms with Gasteiger partial charge in [-0.15, -0.1) is 0 Å². The van der Waals surface area contributed by atoms with Crippen LogP contribution in [0.15, 0.2) is 18.2 Å². The Morgan fingerprint density at radius 3 is 2.48 bits per heavy atom. The molecular formula is C16H19F2N3O2. The zero-order chi connectivity index (χ0) is 16.4. The van der Waals surface area contributed by atoms with Gasteiger partial charge in [-0.1, -0.05) is 0 Å². The molecule has 1 aliphatic carbocycles. The lowest BCUT2D eigenvalue weighted by molar-refractivity contribution is -0.132. The van der Waals surface area contributed by atoms with E-state index in [4.69, 9.17) is 0 Å². The molecule has 0 bridgehead atoms. The molecule has 0 atom stereocenters. The summed E-state index contributed by atoms with van der Waals surface area (Å²) in [5.74, 6) is -2.57. The van der Waals surface area contributed by atoms with E-state index in [1.165, 1.54) is 11.0 Å². The van der Waals surface area contributed by atoms with Gasteiger partial charge in [0.05, 0.1) is 0 Å². The molecule has 2 amide bonds. The van der Waals surface area contributed by atoms with E-state index in [2.05, 4.69) is 5.32 Å². The smallest absolute Gasteiger partial charge is 0.254 e. The van der Waals surface area contributed by atoms with Crippen molar-refractivity contribution in [1.82, 2.24) is 15.1 Å². The molecule has 1 N–H and O–H groups in total. The summed E-state index contributed by atoms with van der Waals surface area (Å²) in [7, 11) is 0. The monoisotopic (exact) mass is 323 g/mol. The molecule has 23 heavy (non-hydrogen) atoms. The lowest BCUT2D eigenvalue weighted by Gasteiger charge is -2.30. The van der Waals surface area contributed by atoms with Crippen LogP contribution in [0, 0.1) is 11.6 Å². The number of amides is 2. The molecule has 1 saturated heterocycles. The fourth-order valence-corrected chi connectivity index (χ4v) is 2.71. The zero-order valence-electron chi connectivity index (χ0n) is 12.7. The van der Waals surface area contributed by atoms with Crippen molar-refractivity contribution in [3.8, 4) is 0 Å². The van der Waals surface area contributed by atoms with Gasteiger partial charge < -0.3 is 15.1 Å². The Morgan fingerprint density at radius 2 is 1.87 bits per heavy atom. The van der Waals surface area contributed by atoms with Crippen LogP contribution in [0.25, 0.3) is 0 Å². The Balaban J connectivity index is 1.71. The maximum absolute atomic E-state index is 13.3. The third-order valence-electron chi connectivity index (χ3n) is 4.19. The van der Waals surface area contributed by atoms with Crippen molar-refractivity contribution < 1.29 is 18.4 Å². The van der Waals surface area contributed by atoms with Gasteiger partial charge in [0, 0.05) is 37.8 Å². The molecule has 1 aliphatic heterocycles. The third kappa shape index (κ3) is 3.67. The first-order valence-electron chi connectivity index (χ1n) is 7.81. The Labute approximate surface area is 133 Å². The highest BCUT2D eigenvalue weighted by Gasteiger charge is 2.35. The van der Waals surface area contributed by atoms with E-state index in [1.807, 2.05) is 0 Å². The Morgan fingerprint density at radius 1 is 1.17 bits per heavy atom. The molecule has 124 valence electrons. The second-order valence-electron chi connectivity index (χ2n) is 5.92. The minimum absolute atomic E-state index is 0.0114. The molecule has 0 spiro atoms. The van der Waals surface area contributed by atoms with Crippen LogP contribution in [-0.2, 0) is 4.79 Å². The molecule has 1 aromatic carbocycles. The van der Waals surface area contributed by atoms with E-state index < -0.39 is 17.5 Å². The van der Waals surface area contributed by atoms with E-state index in [1.54, 1.807) is 4.90 Å². The molecular weight excluding hydrogens is 304 g/mol. The number of hydrogen-bond acceptors (Lipinski definition) is 3. The second-order valence-corrected chi connectivity index (χ2v) is 5.92. The van der Waals surface area contributed by atoms with Crippen LogP contribution in [0.5, 0.6) is 0 Å². The van der Waals surface area contributed by atoms with Crippen molar-refractivity contribution in [3.05, 3.63) is 35.4 Å². The van der Waals surface area contributed by atoms with Gasteiger partial charge in [-0.2, -0.15) is 0 Å². The number of nitrogens with zero attached hydrogens (tertiary/aromatic N) is 2. The summed E-state index contributed by atoms with van der Waals surface area (Å²) in [5, 5.41) is 3.17. The summed E-state index contributed by atoms with van der Waals surface area (Å²) in [6.45, 7) is 2.72. The lowest BCUT2D eigenvalue weighted by Crippen LogP contribution is -2.50. The number of carbonyl (C=O) groups is 2. The predicted octanol–water partition coefficient (Wildman–Crippen LogP) is 1.00. The molecule has 1 saturated carbocycles. The molecule has 3 rings (SSSR count). The fourth-order valence-electron chi connectivity index (χ4n) is 2.71. The summed E-state index contributed by atoms with van der Waals surface area (Å²) < 4.78 is 26.4. The molecule has 2 aliphatic rings. The van der Waals surface area contributed by atoms with Crippen molar-refractivity contribution in [3.63, 3.8) is 0 Å². The highest BCUT2D eigenvalue weighted by Crippen LogP contribution is 2.28. The first-order valence-corrected chi connectivity index (χ1v) is 7.81. The van der Waals surface area contributed by atoms with Gasteiger partial charge in [0.25, 0.3) is 5.91 Å². The van der Waals surface area contributed by atoms with Crippen molar-refractivity contribution in [2.45, 2.75) is 18.9 Å². The first-order chi connectivity index (χ1) is 11.1. The Hall–Kier alpha value is -2.02. The molecule has 1 aromatic rings. The van der Waals surface area contributed by atoms with Crippen LogP contribution in [0.3, 0.4) is 0 Å². The molecule has 0 unspecified atom stereocenters. The minimum Gasteiger partial charge on any atom is -0.339 e. The van der Waals surface area contributed by atoms with Gasteiger partial charge in [0.15, 0.2) is 11.6 Å². The third-order valence-corrected chi connectivity index (χ3v) is 4.19. The molecule has 1 heterocycles. The predicted molar refractivity (Wildman–Crippen MR) is 79.9 cm³/mol. The maximum Gasteiger partial charge on any atom is 0.254 e. The fraction of sp³-hybridized carbons (Fsp3) is 0.500. The van der Waals surface area contributed by atoms with Gasteiger partial charge in [0.2, 0.25) is 5.91 Å². The van der Waals surface area contributed by atoms with Crippen LogP contribution in [0.1, 0.15) is 23.2 Å². The average Bonchev–Trinajstić information content (AvgIpc) is 3.40. The number of carbonyl (C=O) groups excluding carboxylic acids is 2. The highest BCUT2D eigenvalue weighted by atomic mass is 19.2. The molecule has 2 fully saturated rings. The number of benzene rings is 1. The number of hydrogen-bond donors (Lipinski definition) is 1. The maximum atomic E-state index is 13.3. The van der Waals surface area contributed by atoms with E-state index in [0.29, 0.717) is 13.1 Å².